The SMILES string of the molecule is CCc1ccc(C(=O)NC(C)c2ccc3ccccc3c2)o1. The van der Waals surface area contributed by atoms with Gasteiger partial charge in [0.05, 0.1) is 6.04 Å². The molecule has 0 aliphatic heterocycles. The van der Waals surface area contributed by atoms with Gasteiger partial charge in [-0.25, -0.2) is 0 Å². The van der Waals surface area contributed by atoms with E-state index in [4.69, 9.17) is 4.42 Å². The maximum Gasteiger partial charge on any atom is 0.287 e. The van der Waals surface area contributed by atoms with E-state index in [-0.39, 0.29) is 11.9 Å². The minimum absolute atomic E-state index is 0.0766. The van der Waals surface area contributed by atoms with Crippen LogP contribution in [-0.2, 0) is 6.42 Å². The fourth-order valence-corrected chi connectivity index (χ4v) is 2.52. The van der Waals surface area contributed by atoms with Crippen molar-refractivity contribution in [3.05, 3.63) is 71.7 Å². The topological polar surface area (TPSA) is 42.2 Å². The van der Waals surface area contributed by atoms with Gasteiger partial charge in [-0.2, -0.15) is 0 Å². The second-order valence-electron chi connectivity index (χ2n) is 5.42. The largest absolute Gasteiger partial charge is 0.456 e. The molecule has 0 spiro atoms. The van der Waals surface area contributed by atoms with Crippen molar-refractivity contribution < 1.29 is 9.21 Å². The molecule has 0 saturated heterocycles. The number of benzene rings is 2. The Bertz CT molecular complexity index is 804. The highest BCUT2D eigenvalue weighted by Crippen LogP contribution is 2.20. The summed E-state index contributed by atoms with van der Waals surface area (Å²) in [5, 5.41) is 5.35. The number of fused-ring (bicyclic) bond motifs is 1. The van der Waals surface area contributed by atoms with Crippen LogP contribution in [-0.4, -0.2) is 5.91 Å². The van der Waals surface area contributed by atoms with Gasteiger partial charge < -0.3 is 9.73 Å². The first-order valence-corrected chi connectivity index (χ1v) is 7.55. The molecule has 3 rings (SSSR count). The van der Waals surface area contributed by atoms with Crippen LogP contribution < -0.4 is 5.32 Å². The molecule has 3 aromatic rings. The lowest BCUT2D eigenvalue weighted by atomic mass is 10.0. The van der Waals surface area contributed by atoms with E-state index in [1.54, 1.807) is 6.07 Å². The van der Waals surface area contributed by atoms with Crippen molar-refractivity contribution in [3.8, 4) is 0 Å². The van der Waals surface area contributed by atoms with Crippen LogP contribution >= 0.6 is 0 Å². The van der Waals surface area contributed by atoms with Gasteiger partial charge in [-0.1, -0.05) is 43.3 Å². The molecule has 1 amide bonds. The molecule has 1 atom stereocenters. The maximum absolute atomic E-state index is 12.2. The highest BCUT2D eigenvalue weighted by Gasteiger charge is 2.14. The molecule has 112 valence electrons. The summed E-state index contributed by atoms with van der Waals surface area (Å²) in [4.78, 5) is 12.2. The number of carbonyl (C=O) groups is 1. The Hall–Kier alpha value is -2.55. The van der Waals surface area contributed by atoms with Gasteiger partial charge in [0.15, 0.2) is 5.76 Å². The highest BCUT2D eigenvalue weighted by molar-refractivity contribution is 5.92. The molecule has 0 aliphatic rings. The van der Waals surface area contributed by atoms with E-state index < -0.39 is 0 Å². The number of aryl methyl sites for hydroxylation is 1. The molecule has 1 N–H and O–H groups in total. The van der Waals surface area contributed by atoms with Gasteiger partial charge in [-0.3, -0.25) is 4.79 Å². The molecule has 0 radical (unpaired) electrons. The lowest BCUT2D eigenvalue weighted by molar-refractivity contribution is 0.0910. The molecule has 0 aliphatic carbocycles. The summed E-state index contributed by atoms with van der Waals surface area (Å²) < 4.78 is 5.49. The van der Waals surface area contributed by atoms with Crippen LogP contribution in [0.2, 0.25) is 0 Å². The van der Waals surface area contributed by atoms with E-state index in [2.05, 4.69) is 29.6 Å². The van der Waals surface area contributed by atoms with Crippen LogP contribution in [0, 0.1) is 0 Å². The molecule has 3 nitrogen and oxygen atoms in total. The third kappa shape index (κ3) is 2.89. The Morgan fingerprint density at radius 2 is 1.86 bits per heavy atom. The second kappa shape index (κ2) is 6.06. The van der Waals surface area contributed by atoms with Gasteiger partial charge in [0.25, 0.3) is 5.91 Å². The predicted octanol–water partition coefficient (Wildman–Crippen LogP) is 4.49. The van der Waals surface area contributed by atoms with Gasteiger partial charge in [0, 0.05) is 6.42 Å². The van der Waals surface area contributed by atoms with Crippen LogP contribution in [0.4, 0.5) is 0 Å². The molecule has 1 unspecified atom stereocenters. The summed E-state index contributed by atoms with van der Waals surface area (Å²) in [6, 6.07) is 17.9. The first-order valence-electron chi connectivity index (χ1n) is 7.55. The second-order valence-corrected chi connectivity index (χ2v) is 5.42. The monoisotopic (exact) mass is 293 g/mol. The van der Waals surface area contributed by atoms with E-state index >= 15 is 0 Å². The first-order chi connectivity index (χ1) is 10.7. The summed E-state index contributed by atoms with van der Waals surface area (Å²) in [6.45, 7) is 3.98. The van der Waals surface area contributed by atoms with E-state index in [9.17, 15) is 4.79 Å². The van der Waals surface area contributed by atoms with E-state index in [0.717, 1.165) is 17.7 Å². The smallest absolute Gasteiger partial charge is 0.287 e. The third-order valence-electron chi connectivity index (χ3n) is 3.86. The zero-order valence-electron chi connectivity index (χ0n) is 12.8. The Kier molecular flexibility index (Phi) is 3.96. The van der Waals surface area contributed by atoms with E-state index in [1.165, 1.54) is 10.8 Å². The molecular formula is C19H19NO2. The third-order valence-corrected chi connectivity index (χ3v) is 3.86. The molecule has 0 bridgehead atoms. The zero-order valence-corrected chi connectivity index (χ0v) is 12.8. The number of hydrogen-bond acceptors (Lipinski definition) is 2. The van der Waals surface area contributed by atoms with Crippen molar-refractivity contribution in [2.45, 2.75) is 26.3 Å². The van der Waals surface area contributed by atoms with Gasteiger partial charge in [0.2, 0.25) is 0 Å². The number of hydrogen-bond donors (Lipinski definition) is 1. The van der Waals surface area contributed by atoms with Crippen LogP contribution in [0.3, 0.4) is 0 Å². The number of rotatable bonds is 4. The van der Waals surface area contributed by atoms with Crippen molar-refractivity contribution >= 4 is 16.7 Å². The number of furan rings is 1. The zero-order chi connectivity index (χ0) is 15.5. The van der Waals surface area contributed by atoms with Crippen LogP contribution in [0.25, 0.3) is 10.8 Å². The summed E-state index contributed by atoms with van der Waals surface area (Å²) in [5.74, 6) is 1.01. The lowest BCUT2D eigenvalue weighted by Crippen LogP contribution is -2.26. The molecule has 1 heterocycles. The van der Waals surface area contributed by atoms with Crippen molar-refractivity contribution in [3.63, 3.8) is 0 Å². The Balaban J connectivity index is 1.77. The Morgan fingerprint density at radius 1 is 1.09 bits per heavy atom. The molecule has 22 heavy (non-hydrogen) atoms. The van der Waals surface area contributed by atoms with Crippen LogP contribution in [0.5, 0.6) is 0 Å². The Morgan fingerprint density at radius 3 is 2.59 bits per heavy atom. The number of amides is 1. The highest BCUT2D eigenvalue weighted by atomic mass is 16.3. The lowest BCUT2D eigenvalue weighted by Gasteiger charge is -2.14. The fraction of sp³-hybridized carbons (Fsp3) is 0.211. The molecule has 0 saturated carbocycles. The average molecular weight is 293 g/mol. The fourth-order valence-electron chi connectivity index (χ4n) is 2.52. The summed E-state index contributed by atoms with van der Waals surface area (Å²) in [6.07, 6.45) is 0.785. The summed E-state index contributed by atoms with van der Waals surface area (Å²) >= 11 is 0. The van der Waals surface area contributed by atoms with Crippen molar-refractivity contribution in [2.24, 2.45) is 0 Å². The quantitative estimate of drug-likeness (QED) is 0.770. The normalized spacial score (nSPS) is 12.3. The molecule has 1 aromatic heterocycles. The standard InChI is InChI=1S/C19H19NO2/c1-3-17-10-11-18(22-17)19(21)20-13(2)15-9-8-14-6-4-5-7-16(14)12-15/h4-13H,3H2,1-2H3,(H,20,21). The summed E-state index contributed by atoms with van der Waals surface area (Å²) in [5.41, 5.74) is 1.08. The van der Waals surface area contributed by atoms with Crippen LogP contribution in [0.15, 0.2) is 59.0 Å². The molecular weight excluding hydrogens is 274 g/mol. The molecule has 3 heteroatoms. The van der Waals surface area contributed by atoms with Crippen LogP contribution in [0.1, 0.15) is 41.8 Å². The molecule has 0 fully saturated rings. The summed E-state index contributed by atoms with van der Waals surface area (Å²) in [7, 11) is 0. The minimum Gasteiger partial charge on any atom is -0.456 e. The number of carbonyl (C=O) groups excluding carboxylic acids is 1. The van der Waals surface area contributed by atoms with Gasteiger partial charge in [0.1, 0.15) is 5.76 Å². The van der Waals surface area contributed by atoms with E-state index in [1.807, 2.05) is 38.1 Å². The van der Waals surface area contributed by atoms with E-state index in [0.29, 0.717) is 5.76 Å². The predicted molar refractivity (Wildman–Crippen MR) is 87.9 cm³/mol. The van der Waals surface area contributed by atoms with Crippen molar-refractivity contribution in [1.82, 2.24) is 5.32 Å². The average Bonchev–Trinajstić information content (AvgIpc) is 3.03. The number of nitrogens with one attached hydrogen (secondary N) is 1. The van der Waals surface area contributed by atoms with Crippen molar-refractivity contribution in [1.29, 1.82) is 0 Å². The minimum atomic E-state index is -0.180. The molecule has 2 aromatic carbocycles. The van der Waals surface area contributed by atoms with Gasteiger partial charge >= 0.3 is 0 Å². The van der Waals surface area contributed by atoms with Crippen molar-refractivity contribution in [2.75, 3.05) is 0 Å². The maximum atomic E-state index is 12.2. The Labute approximate surface area is 130 Å². The van der Waals surface area contributed by atoms with Gasteiger partial charge in [-0.05, 0) is 41.5 Å². The van der Waals surface area contributed by atoms with Gasteiger partial charge in [-0.15, -0.1) is 0 Å². The first kappa shape index (κ1) is 14.4.